The molecule has 0 aliphatic heterocycles. The van der Waals surface area contributed by atoms with Crippen molar-refractivity contribution in [2.75, 3.05) is 6.61 Å². The average molecular weight is 266 g/mol. The lowest BCUT2D eigenvalue weighted by Gasteiger charge is -2.44. The second-order valence-corrected chi connectivity index (χ2v) is 6.84. The van der Waals surface area contributed by atoms with Gasteiger partial charge in [0.25, 0.3) is 0 Å². The Hall–Kier alpha value is -0.680. The van der Waals surface area contributed by atoms with Crippen LogP contribution in [0.5, 0.6) is 0 Å². The standard InChI is InChI=1S/C15H22O4/c1-8-10-9(6-13(2,7-16)12(10)18)11(17)14(3,19)15(8)4-5-15/h6,11-12,16-19H,4-5,7H2,1-3H3/t11-,12+,13-,14+/m0/s1. The Labute approximate surface area is 113 Å². The van der Waals surface area contributed by atoms with Gasteiger partial charge in [-0.1, -0.05) is 18.6 Å². The van der Waals surface area contributed by atoms with Gasteiger partial charge in [-0.15, -0.1) is 0 Å². The van der Waals surface area contributed by atoms with Crippen LogP contribution in [-0.4, -0.2) is 44.8 Å². The zero-order valence-corrected chi connectivity index (χ0v) is 11.6. The smallest absolute Gasteiger partial charge is 0.108 e. The van der Waals surface area contributed by atoms with E-state index in [2.05, 4.69) is 0 Å². The minimum Gasteiger partial charge on any atom is -0.395 e. The van der Waals surface area contributed by atoms with Crippen molar-refractivity contribution in [2.24, 2.45) is 10.8 Å². The molecule has 3 aliphatic carbocycles. The summed E-state index contributed by atoms with van der Waals surface area (Å²) >= 11 is 0. The molecule has 0 saturated heterocycles. The summed E-state index contributed by atoms with van der Waals surface area (Å²) in [6, 6.07) is 0. The monoisotopic (exact) mass is 266 g/mol. The Morgan fingerprint density at radius 1 is 1.21 bits per heavy atom. The summed E-state index contributed by atoms with van der Waals surface area (Å²) in [6.45, 7) is 5.19. The maximum Gasteiger partial charge on any atom is 0.108 e. The summed E-state index contributed by atoms with van der Waals surface area (Å²) < 4.78 is 0. The minimum absolute atomic E-state index is 0.184. The molecular weight excluding hydrogens is 244 g/mol. The Balaban J connectivity index is 2.22. The van der Waals surface area contributed by atoms with Crippen LogP contribution in [0.25, 0.3) is 0 Å². The molecule has 0 amide bonds. The van der Waals surface area contributed by atoms with Gasteiger partial charge in [-0.3, -0.25) is 0 Å². The third kappa shape index (κ3) is 1.33. The van der Waals surface area contributed by atoms with Gasteiger partial charge in [-0.05, 0) is 37.8 Å². The van der Waals surface area contributed by atoms with Gasteiger partial charge in [0.1, 0.15) is 11.7 Å². The second kappa shape index (κ2) is 3.50. The normalized spacial score (nSPS) is 47.4. The maximum absolute atomic E-state index is 10.7. The largest absolute Gasteiger partial charge is 0.395 e. The van der Waals surface area contributed by atoms with Crippen LogP contribution in [0.2, 0.25) is 0 Å². The van der Waals surface area contributed by atoms with E-state index in [-0.39, 0.29) is 6.61 Å². The van der Waals surface area contributed by atoms with Crippen LogP contribution in [0, 0.1) is 10.8 Å². The Morgan fingerprint density at radius 2 is 1.79 bits per heavy atom. The lowest BCUT2D eigenvalue weighted by Crippen LogP contribution is -2.52. The van der Waals surface area contributed by atoms with Crippen LogP contribution in [0.15, 0.2) is 22.8 Å². The molecule has 1 spiro atoms. The fraction of sp³-hybridized carbons (Fsp3) is 0.733. The van der Waals surface area contributed by atoms with Crippen LogP contribution in [0.3, 0.4) is 0 Å². The van der Waals surface area contributed by atoms with Crippen molar-refractivity contribution < 1.29 is 20.4 Å². The second-order valence-electron chi connectivity index (χ2n) is 6.84. The summed E-state index contributed by atoms with van der Waals surface area (Å²) in [5.41, 5.74) is -0.0901. The highest BCUT2D eigenvalue weighted by atomic mass is 16.3. The third-order valence-corrected chi connectivity index (χ3v) is 5.70. The Morgan fingerprint density at radius 3 is 2.26 bits per heavy atom. The molecule has 0 aromatic carbocycles. The fourth-order valence-corrected chi connectivity index (χ4v) is 3.99. The van der Waals surface area contributed by atoms with Crippen molar-refractivity contribution in [2.45, 2.75) is 51.4 Å². The van der Waals surface area contributed by atoms with Crippen LogP contribution in [0.1, 0.15) is 33.6 Å². The number of hydrogen-bond donors (Lipinski definition) is 4. The molecule has 0 unspecified atom stereocenters. The fourth-order valence-electron chi connectivity index (χ4n) is 3.99. The number of rotatable bonds is 1. The molecule has 3 aliphatic rings. The molecule has 19 heavy (non-hydrogen) atoms. The molecule has 3 rings (SSSR count). The first-order valence-corrected chi connectivity index (χ1v) is 6.85. The van der Waals surface area contributed by atoms with E-state index < -0.39 is 28.6 Å². The molecule has 4 N–H and O–H groups in total. The highest BCUT2D eigenvalue weighted by Crippen LogP contribution is 2.66. The van der Waals surface area contributed by atoms with Crippen LogP contribution in [-0.2, 0) is 0 Å². The average Bonchev–Trinajstić information content (AvgIpc) is 3.12. The molecule has 0 aromatic heterocycles. The maximum atomic E-state index is 10.7. The molecule has 4 nitrogen and oxygen atoms in total. The quantitative estimate of drug-likeness (QED) is 0.557. The molecule has 0 heterocycles. The molecule has 0 bridgehead atoms. The first-order valence-electron chi connectivity index (χ1n) is 6.85. The molecule has 0 radical (unpaired) electrons. The topological polar surface area (TPSA) is 80.9 Å². The van der Waals surface area contributed by atoms with Gasteiger partial charge in [-0.2, -0.15) is 0 Å². The predicted molar refractivity (Wildman–Crippen MR) is 70.3 cm³/mol. The first kappa shape index (κ1) is 13.3. The molecule has 1 saturated carbocycles. The lowest BCUT2D eigenvalue weighted by atomic mass is 9.66. The van der Waals surface area contributed by atoms with Crippen LogP contribution < -0.4 is 0 Å². The van der Waals surface area contributed by atoms with Crippen molar-refractivity contribution >= 4 is 0 Å². The zero-order valence-electron chi connectivity index (χ0n) is 11.6. The van der Waals surface area contributed by atoms with E-state index in [1.165, 1.54) is 0 Å². The van der Waals surface area contributed by atoms with E-state index in [4.69, 9.17) is 0 Å². The molecule has 4 atom stereocenters. The number of fused-ring (bicyclic) bond motifs is 1. The van der Waals surface area contributed by atoms with E-state index in [9.17, 15) is 20.4 Å². The van der Waals surface area contributed by atoms with Crippen LogP contribution >= 0.6 is 0 Å². The van der Waals surface area contributed by atoms with Gasteiger partial charge in [-0.25, -0.2) is 0 Å². The summed E-state index contributed by atoms with van der Waals surface area (Å²) in [4.78, 5) is 0. The van der Waals surface area contributed by atoms with Crippen molar-refractivity contribution in [1.29, 1.82) is 0 Å². The summed E-state index contributed by atoms with van der Waals surface area (Å²) in [5.74, 6) is 0. The molecular formula is C15H22O4. The van der Waals surface area contributed by atoms with Gasteiger partial charge < -0.3 is 20.4 Å². The molecule has 1 fully saturated rings. The van der Waals surface area contributed by atoms with E-state index in [0.717, 1.165) is 24.0 Å². The first-order chi connectivity index (χ1) is 8.71. The Kier molecular flexibility index (Phi) is 2.45. The molecule has 0 aromatic rings. The summed E-state index contributed by atoms with van der Waals surface area (Å²) in [7, 11) is 0. The molecule has 4 heteroatoms. The SMILES string of the molecule is CC1=C2C(=C[C@@](C)(CO)[C@@H]2O)[C@H](O)[C@@](C)(O)C12CC2. The highest BCUT2D eigenvalue weighted by Gasteiger charge is 2.66. The van der Waals surface area contributed by atoms with Gasteiger partial charge in [0.2, 0.25) is 0 Å². The molecule has 106 valence electrons. The van der Waals surface area contributed by atoms with E-state index in [1.54, 1.807) is 19.9 Å². The minimum atomic E-state index is -1.20. The highest BCUT2D eigenvalue weighted by molar-refractivity contribution is 5.57. The van der Waals surface area contributed by atoms with Gasteiger partial charge in [0, 0.05) is 10.8 Å². The third-order valence-electron chi connectivity index (χ3n) is 5.70. The van der Waals surface area contributed by atoms with Gasteiger partial charge >= 0.3 is 0 Å². The van der Waals surface area contributed by atoms with E-state index >= 15 is 0 Å². The van der Waals surface area contributed by atoms with Gasteiger partial charge in [0.15, 0.2) is 0 Å². The zero-order chi connectivity index (χ0) is 14.2. The van der Waals surface area contributed by atoms with Gasteiger partial charge in [0.05, 0.1) is 12.7 Å². The van der Waals surface area contributed by atoms with Crippen molar-refractivity contribution in [1.82, 2.24) is 0 Å². The van der Waals surface area contributed by atoms with Crippen molar-refractivity contribution in [3.63, 3.8) is 0 Å². The van der Waals surface area contributed by atoms with E-state index in [0.29, 0.717) is 5.57 Å². The van der Waals surface area contributed by atoms with Crippen molar-refractivity contribution in [3.05, 3.63) is 22.8 Å². The number of aliphatic hydroxyl groups excluding tert-OH is 3. The van der Waals surface area contributed by atoms with Crippen molar-refractivity contribution in [3.8, 4) is 0 Å². The van der Waals surface area contributed by atoms with Crippen LogP contribution in [0.4, 0.5) is 0 Å². The lowest BCUT2D eigenvalue weighted by molar-refractivity contribution is -0.0901. The Bertz CT molecular complexity index is 498. The number of hydrogen-bond acceptors (Lipinski definition) is 4. The predicted octanol–water partition coefficient (Wildman–Crippen LogP) is 0.508. The summed E-state index contributed by atoms with van der Waals surface area (Å²) in [6.07, 6.45) is 1.59. The number of aliphatic hydroxyl groups is 4. The summed E-state index contributed by atoms with van der Waals surface area (Å²) in [5, 5.41) is 41.2. The van der Waals surface area contributed by atoms with E-state index in [1.807, 2.05) is 6.92 Å².